The summed E-state index contributed by atoms with van der Waals surface area (Å²) >= 11 is 0. The number of hydrogen-bond acceptors (Lipinski definition) is 3. The minimum Gasteiger partial charge on any atom is -0.344 e. The summed E-state index contributed by atoms with van der Waals surface area (Å²) in [4.78, 5) is 16.2. The van der Waals surface area contributed by atoms with Gasteiger partial charge in [-0.2, -0.15) is 0 Å². The van der Waals surface area contributed by atoms with Crippen LogP contribution in [-0.4, -0.2) is 17.4 Å². The fourth-order valence-corrected chi connectivity index (χ4v) is 2.53. The molecule has 0 aliphatic carbocycles. The van der Waals surface area contributed by atoms with Crippen molar-refractivity contribution in [3.8, 4) is 0 Å². The van der Waals surface area contributed by atoms with Gasteiger partial charge in [0.05, 0.1) is 6.04 Å². The van der Waals surface area contributed by atoms with Crippen molar-refractivity contribution in [3.05, 3.63) is 65.0 Å². The van der Waals surface area contributed by atoms with Crippen molar-refractivity contribution in [1.82, 2.24) is 15.6 Å². The van der Waals surface area contributed by atoms with Gasteiger partial charge in [0.25, 0.3) is 5.91 Å². The highest BCUT2D eigenvalue weighted by Gasteiger charge is 2.21. The van der Waals surface area contributed by atoms with Crippen LogP contribution < -0.4 is 10.6 Å². The van der Waals surface area contributed by atoms with E-state index in [2.05, 4.69) is 40.7 Å². The number of rotatable bonds is 2. The van der Waals surface area contributed by atoms with Crippen molar-refractivity contribution < 1.29 is 4.79 Å². The fraction of sp³-hybridized carbons (Fsp3) is 0.250. The van der Waals surface area contributed by atoms with Gasteiger partial charge in [0.15, 0.2) is 0 Å². The third-order valence-corrected chi connectivity index (χ3v) is 3.59. The summed E-state index contributed by atoms with van der Waals surface area (Å²) in [5, 5.41) is 6.43. The second-order valence-corrected chi connectivity index (χ2v) is 5.10. The predicted molar refractivity (Wildman–Crippen MR) is 77.3 cm³/mol. The van der Waals surface area contributed by atoms with Crippen LogP contribution in [-0.2, 0) is 6.54 Å². The summed E-state index contributed by atoms with van der Waals surface area (Å²) in [7, 11) is 0. The summed E-state index contributed by atoms with van der Waals surface area (Å²) in [6, 6.07) is 9.86. The minimum absolute atomic E-state index is 0.0133. The van der Waals surface area contributed by atoms with Gasteiger partial charge in [-0.05, 0) is 30.2 Å². The number of nitrogens with one attached hydrogen (secondary N) is 2. The molecule has 2 aromatic rings. The molecule has 0 saturated heterocycles. The first-order valence-corrected chi connectivity index (χ1v) is 6.75. The molecule has 2 heterocycles. The zero-order chi connectivity index (χ0) is 13.9. The normalized spacial score (nSPS) is 17.4. The largest absolute Gasteiger partial charge is 0.344 e. The van der Waals surface area contributed by atoms with E-state index >= 15 is 0 Å². The number of pyridine rings is 1. The van der Waals surface area contributed by atoms with Crippen LogP contribution in [0, 0.1) is 6.92 Å². The van der Waals surface area contributed by atoms with E-state index in [-0.39, 0.29) is 11.9 Å². The lowest BCUT2D eigenvalue weighted by atomic mass is 9.94. The molecule has 0 fully saturated rings. The SMILES string of the molecule is Cc1ccc2c(c1)C(NC(=O)c1ccncc1)CNC2. The molecule has 1 aromatic heterocycles. The van der Waals surface area contributed by atoms with Gasteiger partial charge in [0.2, 0.25) is 0 Å². The second kappa shape index (κ2) is 5.43. The highest BCUT2D eigenvalue weighted by molar-refractivity contribution is 5.94. The van der Waals surface area contributed by atoms with E-state index in [4.69, 9.17) is 0 Å². The Hall–Kier alpha value is -2.20. The van der Waals surface area contributed by atoms with Crippen LogP contribution in [0.4, 0.5) is 0 Å². The maximum Gasteiger partial charge on any atom is 0.251 e. The quantitative estimate of drug-likeness (QED) is 0.874. The van der Waals surface area contributed by atoms with Gasteiger partial charge >= 0.3 is 0 Å². The molecule has 4 heteroatoms. The summed E-state index contributed by atoms with van der Waals surface area (Å²) in [6.07, 6.45) is 3.26. The Balaban J connectivity index is 1.83. The molecule has 0 bridgehead atoms. The van der Waals surface area contributed by atoms with Gasteiger partial charge in [-0.15, -0.1) is 0 Å². The van der Waals surface area contributed by atoms with Gasteiger partial charge in [0, 0.05) is 31.0 Å². The number of carbonyl (C=O) groups excluding carboxylic acids is 1. The van der Waals surface area contributed by atoms with Crippen molar-refractivity contribution in [2.45, 2.75) is 19.5 Å². The Morgan fingerprint density at radius 1 is 1.30 bits per heavy atom. The van der Waals surface area contributed by atoms with Crippen LogP contribution in [0.15, 0.2) is 42.7 Å². The van der Waals surface area contributed by atoms with E-state index in [1.54, 1.807) is 24.5 Å². The molecular formula is C16H17N3O. The van der Waals surface area contributed by atoms with E-state index in [1.807, 2.05) is 0 Å². The topological polar surface area (TPSA) is 54.0 Å². The Bertz CT molecular complexity index is 625. The Labute approximate surface area is 118 Å². The van der Waals surface area contributed by atoms with Crippen molar-refractivity contribution in [2.75, 3.05) is 6.54 Å². The first kappa shape index (κ1) is 12.8. The lowest BCUT2D eigenvalue weighted by Crippen LogP contribution is -2.39. The second-order valence-electron chi connectivity index (χ2n) is 5.10. The highest BCUT2D eigenvalue weighted by atomic mass is 16.1. The Kier molecular flexibility index (Phi) is 3.48. The number of amides is 1. The molecule has 0 saturated carbocycles. The van der Waals surface area contributed by atoms with Gasteiger partial charge in [-0.25, -0.2) is 0 Å². The van der Waals surface area contributed by atoms with Crippen LogP contribution in [0.5, 0.6) is 0 Å². The lowest BCUT2D eigenvalue weighted by molar-refractivity contribution is 0.0934. The molecule has 0 radical (unpaired) electrons. The average molecular weight is 267 g/mol. The highest BCUT2D eigenvalue weighted by Crippen LogP contribution is 2.23. The molecule has 20 heavy (non-hydrogen) atoms. The number of benzene rings is 1. The van der Waals surface area contributed by atoms with Crippen LogP contribution in [0.3, 0.4) is 0 Å². The maximum absolute atomic E-state index is 12.2. The van der Waals surface area contributed by atoms with E-state index in [1.165, 1.54) is 16.7 Å². The standard InChI is InChI=1S/C16H17N3O/c1-11-2-3-13-9-18-10-15(14(13)8-11)19-16(20)12-4-6-17-7-5-12/h2-8,15,18H,9-10H2,1H3,(H,19,20). The first-order chi connectivity index (χ1) is 9.74. The van der Waals surface area contributed by atoms with E-state index < -0.39 is 0 Å². The predicted octanol–water partition coefficient (Wildman–Crippen LogP) is 1.96. The number of nitrogens with zero attached hydrogens (tertiary/aromatic N) is 1. The van der Waals surface area contributed by atoms with Gasteiger partial charge in [-0.3, -0.25) is 9.78 Å². The molecule has 4 nitrogen and oxygen atoms in total. The summed E-state index contributed by atoms with van der Waals surface area (Å²) in [6.45, 7) is 3.69. The summed E-state index contributed by atoms with van der Waals surface area (Å²) in [5.74, 6) is -0.0615. The maximum atomic E-state index is 12.2. The van der Waals surface area contributed by atoms with Gasteiger partial charge < -0.3 is 10.6 Å². The molecule has 3 rings (SSSR count). The summed E-state index contributed by atoms with van der Waals surface area (Å²) in [5.41, 5.74) is 4.32. The van der Waals surface area contributed by atoms with Gasteiger partial charge in [-0.1, -0.05) is 23.8 Å². The zero-order valence-electron chi connectivity index (χ0n) is 11.4. The molecule has 0 spiro atoms. The molecular weight excluding hydrogens is 250 g/mol. The van der Waals surface area contributed by atoms with Crippen molar-refractivity contribution in [2.24, 2.45) is 0 Å². The number of aromatic nitrogens is 1. The lowest BCUT2D eigenvalue weighted by Gasteiger charge is -2.27. The van der Waals surface area contributed by atoms with Crippen LogP contribution in [0.2, 0.25) is 0 Å². The van der Waals surface area contributed by atoms with Crippen molar-refractivity contribution in [3.63, 3.8) is 0 Å². The Morgan fingerprint density at radius 2 is 2.10 bits per heavy atom. The molecule has 1 atom stereocenters. The number of fused-ring (bicyclic) bond motifs is 1. The first-order valence-electron chi connectivity index (χ1n) is 6.75. The van der Waals surface area contributed by atoms with E-state index in [0.717, 1.165) is 13.1 Å². The van der Waals surface area contributed by atoms with Crippen LogP contribution in [0.25, 0.3) is 0 Å². The average Bonchev–Trinajstić information content (AvgIpc) is 2.49. The third kappa shape index (κ3) is 2.56. The van der Waals surface area contributed by atoms with Crippen molar-refractivity contribution >= 4 is 5.91 Å². The van der Waals surface area contributed by atoms with E-state index in [0.29, 0.717) is 5.56 Å². The number of aryl methyl sites for hydroxylation is 1. The van der Waals surface area contributed by atoms with Crippen molar-refractivity contribution in [1.29, 1.82) is 0 Å². The Morgan fingerprint density at radius 3 is 2.90 bits per heavy atom. The minimum atomic E-state index is -0.0615. The molecule has 102 valence electrons. The fourth-order valence-electron chi connectivity index (χ4n) is 2.53. The van der Waals surface area contributed by atoms with Crippen LogP contribution in [0.1, 0.15) is 33.1 Å². The monoisotopic (exact) mass is 267 g/mol. The molecule has 1 aliphatic rings. The number of hydrogen-bond donors (Lipinski definition) is 2. The molecule has 1 aromatic carbocycles. The van der Waals surface area contributed by atoms with Crippen LogP contribution >= 0.6 is 0 Å². The molecule has 2 N–H and O–H groups in total. The molecule has 1 unspecified atom stereocenters. The third-order valence-electron chi connectivity index (χ3n) is 3.59. The molecule has 1 aliphatic heterocycles. The summed E-state index contributed by atoms with van der Waals surface area (Å²) < 4.78 is 0. The number of carbonyl (C=O) groups is 1. The van der Waals surface area contributed by atoms with E-state index in [9.17, 15) is 4.79 Å². The van der Waals surface area contributed by atoms with Gasteiger partial charge in [0.1, 0.15) is 0 Å². The zero-order valence-corrected chi connectivity index (χ0v) is 11.4. The molecule has 1 amide bonds. The smallest absolute Gasteiger partial charge is 0.251 e.